The maximum absolute atomic E-state index is 12.3. The third kappa shape index (κ3) is 2.56. The number of nitrogens with two attached hydrogens (primary N) is 1. The van der Waals surface area contributed by atoms with E-state index in [-0.39, 0.29) is 5.78 Å². The zero-order chi connectivity index (χ0) is 13.9. The molecule has 0 amide bonds. The van der Waals surface area contributed by atoms with Gasteiger partial charge >= 0.3 is 0 Å². The van der Waals surface area contributed by atoms with Gasteiger partial charge in [0.25, 0.3) is 0 Å². The number of ketones is 1. The van der Waals surface area contributed by atoms with Gasteiger partial charge in [0.2, 0.25) is 0 Å². The quantitative estimate of drug-likeness (QED) is 0.831. The van der Waals surface area contributed by atoms with Gasteiger partial charge in [0, 0.05) is 42.2 Å². The maximum Gasteiger partial charge on any atom is 0.167 e. The van der Waals surface area contributed by atoms with Crippen LogP contribution in [0.25, 0.3) is 0 Å². The summed E-state index contributed by atoms with van der Waals surface area (Å²) < 4.78 is 0. The van der Waals surface area contributed by atoms with Crippen LogP contribution in [0.5, 0.6) is 0 Å². The van der Waals surface area contributed by atoms with Gasteiger partial charge in [0.15, 0.2) is 5.78 Å². The first-order valence-electron chi connectivity index (χ1n) is 6.78. The Morgan fingerprint density at radius 3 is 3.05 bits per heavy atom. The molecule has 0 unspecified atom stereocenters. The molecule has 0 saturated heterocycles. The summed E-state index contributed by atoms with van der Waals surface area (Å²) >= 11 is 0. The van der Waals surface area contributed by atoms with Crippen molar-refractivity contribution in [1.29, 1.82) is 0 Å². The number of benzene rings is 1. The average molecular weight is 267 g/mol. The molecular formula is C16H17N3O. The van der Waals surface area contributed by atoms with E-state index in [0.29, 0.717) is 12.1 Å². The summed E-state index contributed by atoms with van der Waals surface area (Å²) in [5, 5.41) is 3.32. The number of hydrogen-bond acceptors (Lipinski definition) is 4. The van der Waals surface area contributed by atoms with Crippen LogP contribution in [-0.4, -0.2) is 17.3 Å². The summed E-state index contributed by atoms with van der Waals surface area (Å²) in [7, 11) is 0. The van der Waals surface area contributed by atoms with Crippen LogP contribution in [0.1, 0.15) is 27.0 Å². The fourth-order valence-electron chi connectivity index (χ4n) is 2.51. The van der Waals surface area contributed by atoms with E-state index in [4.69, 9.17) is 5.73 Å². The number of pyridine rings is 1. The molecule has 3 N–H and O–H groups in total. The Balaban J connectivity index is 1.82. The van der Waals surface area contributed by atoms with Crippen LogP contribution in [0.3, 0.4) is 0 Å². The summed E-state index contributed by atoms with van der Waals surface area (Å²) in [5.41, 5.74) is 10.6. The molecule has 4 heteroatoms. The SMILES string of the molecule is Nc1ccncc1CC(=O)c1ccc2c(c1)CNCC2. The van der Waals surface area contributed by atoms with E-state index in [2.05, 4.69) is 16.4 Å². The predicted molar refractivity (Wildman–Crippen MR) is 78.5 cm³/mol. The molecule has 0 bridgehead atoms. The number of nitrogens with zero attached hydrogens (tertiary/aromatic N) is 1. The molecule has 2 heterocycles. The van der Waals surface area contributed by atoms with E-state index < -0.39 is 0 Å². The first-order chi connectivity index (χ1) is 9.74. The van der Waals surface area contributed by atoms with Gasteiger partial charge in [0.05, 0.1) is 0 Å². The lowest BCUT2D eigenvalue weighted by Gasteiger charge is -2.17. The molecule has 1 aromatic heterocycles. The Labute approximate surface area is 118 Å². The average Bonchev–Trinajstić information content (AvgIpc) is 2.49. The summed E-state index contributed by atoms with van der Waals surface area (Å²) in [6, 6.07) is 7.70. The van der Waals surface area contributed by atoms with Gasteiger partial charge in [-0.25, -0.2) is 0 Å². The number of fused-ring (bicyclic) bond motifs is 1. The largest absolute Gasteiger partial charge is 0.398 e. The standard InChI is InChI=1S/C16H17N3O/c17-15-4-6-19-10-14(15)8-16(20)12-2-1-11-3-5-18-9-13(11)7-12/h1-2,4,6-7,10,18H,3,5,8-9H2,(H2,17,19). The van der Waals surface area contributed by atoms with Crippen LogP contribution >= 0.6 is 0 Å². The van der Waals surface area contributed by atoms with Gasteiger partial charge in [-0.2, -0.15) is 0 Å². The van der Waals surface area contributed by atoms with Gasteiger partial charge in [0.1, 0.15) is 0 Å². The molecule has 2 aromatic rings. The zero-order valence-electron chi connectivity index (χ0n) is 11.2. The van der Waals surface area contributed by atoms with Crippen molar-refractivity contribution in [3.63, 3.8) is 0 Å². The predicted octanol–water partition coefficient (Wildman–Crippen LogP) is 1.73. The van der Waals surface area contributed by atoms with E-state index in [9.17, 15) is 4.79 Å². The molecule has 3 rings (SSSR count). The van der Waals surface area contributed by atoms with Crippen molar-refractivity contribution in [1.82, 2.24) is 10.3 Å². The van der Waals surface area contributed by atoms with Gasteiger partial charge in [-0.1, -0.05) is 12.1 Å². The smallest absolute Gasteiger partial charge is 0.167 e. The highest BCUT2D eigenvalue weighted by molar-refractivity contribution is 5.98. The molecule has 4 nitrogen and oxygen atoms in total. The first-order valence-corrected chi connectivity index (χ1v) is 6.78. The van der Waals surface area contributed by atoms with Crippen LogP contribution < -0.4 is 11.1 Å². The second-order valence-corrected chi connectivity index (χ2v) is 5.08. The van der Waals surface area contributed by atoms with E-state index in [0.717, 1.165) is 30.6 Å². The van der Waals surface area contributed by atoms with Crippen LogP contribution in [0.4, 0.5) is 5.69 Å². The lowest BCUT2D eigenvalue weighted by molar-refractivity contribution is 0.0993. The fourth-order valence-corrected chi connectivity index (χ4v) is 2.51. The summed E-state index contributed by atoms with van der Waals surface area (Å²) in [4.78, 5) is 16.4. The number of nitrogens with one attached hydrogen (secondary N) is 1. The molecular weight excluding hydrogens is 250 g/mol. The third-order valence-corrected chi connectivity index (χ3v) is 3.71. The molecule has 0 aliphatic carbocycles. The Bertz CT molecular complexity index is 652. The molecule has 1 aliphatic rings. The van der Waals surface area contributed by atoms with Crippen molar-refractivity contribution >= 4 is 11.5 Å². The molecule has 102 valence electrons. The number of anilines is 1. The van der Waals surface area contributed by atoms with Crippen LogP contribution in [0.15, 0.2) is 36.7 Å². The Morgan fingerprint density at radius 1 is 1.30 bits per heavy atom. The first kappa shape index (κ1) is 12.8. The normalized spacial score (nSPS) is 13.8. The highest BCUT2D eigenvalue weighted by atomic mass is 16.1. The molecule has 0 spiro atoms. The summed E-state index contributed by atoms with van der Waals surface area (Å²) in [6.45, 7) is 1.85. The summed E-state index contributed by atoms with van der Waals surface area (Å²) in [6.07, 6.45) is 4.62. The van der Waals surface area contributed by atoms with Gasteiger partial charge in [-0.15, -0.1) is 0 Å². The maximum atomic E-state index is 12.3. The van der Waals surface area contributed by atoms with Crippen molar-refractivity contribution < 1.29 is 4.79 Å². The lowest BCUT2D eigenvalue weighted by atomic mass is 9.95. The second-order valence-electron chi connectivity index (χ2n) is 5.08. The number of nitrogen functional groups attached to an aromatic ring is 1. The van der Waals surface area contributed by atoms with E-state index in [1.54, 1.807) is 18.5 Å². The highest BCUT2D eigenvalue weighted by Crippen LogP contribution is 2.18. The molecule has 0 saturated carbocycles. The second kappa shape index (κ2) is 5.43. The van der Waals surface area contributed by atoms with Crippen LogP contribution in [0.2, 0.25) is 0 Å². The monoisotopic (exact) mass is 267 g/mol. The topological polar surface area (TPSA) is 68.0 Å². The van der Waals surface area contributed by atoms with Crippen molar-refractivity contribution in [2.75, 3.05) is 12.3 Å². The minimum absolute atomic E-state index is 0.0815. The van der Waals surface area contributed by atoms with Gasteiger partial charge in [-0.3, -0.25) is 9.78 Å². The van der Waals surface area contributed by atoms with E-state index in [1.807, 2.05) is 12.1 Å². The number of Topliss-reactive ketones (excluding diaryl/α,β-unsaturated/α-hetero) is 1. The van der Waals surface area contributed by atoms with Gasteiger partial charge < -0.3 is 11.1 Å². The van der Waals surface area contributed by atoms with Crippen LogP contribution in [0, 0.1) is 0 Å². The minimum Gasteiger partial charge on any atom is -0.398 e. The van der Waals surface area contributed by atoms with Gasteiger partial charge in [-0.05, 0) is 36.2 Å². The Morgan fingerprint density at radius 2 is 2.20 bits per heavy atom. The van der Waals surface area contributed by atoms with Crippen LogP contribution in [-0.2, 0) is 19.4 Å². The molecule has 0 atom stereocenters. The number of carbonyl (C=O) groups is 1. The van der Waals surface area contributed by atoms with Crippen molar-refractivity contribution in [3.05, 3.63) is 58.9 Å². The molecule has 1 aliphatic heterocycles. The third-order valence-electron chi connectivity index (χ3n) is 3.71. The summed E-state index contributed by atoms with van der Waals surface area (Å²) in [5.74, 6) is 0.0815. The Kier molecular flexibility index (Phi) is 3.48. The molecule has 1 aromatic carbocycles. The van der Waals surface area contributed by atoms with Crippen molar-refractivity contribution in [2.24, 2.45) is 0 Å². The zero-order valence-corrected chi connectivity index (χ0v) is 11.2. The molecule has 20 heavy (non-hydrogen) atoms. The fraction of sp³-hybridized carbons (Fsp3) is 0.250. The lowest BCUT2D eigenvalue weighted by Crippen LogP contribution is -2.24. The highest BCUT2D eigenvalue weighted by Gasteiger charge is 2.13. The van der Waals surface area contributed by atoms with E-state index in [1.165, 1.54) is 11.1 Å². The number of rotatable bonds is 3. The minimum atomic E-state index is 0.0815. The number of hydrogen-bond donors (Lipinski definition) is 2. The Hall–Kier alpha value is -2.20. The van der Waals surface area contributed by atoms with E-state index >= 15 is 0 Å². The van der Waals surface area contributed by atoms with Crippen molar-refractivity contribution in [3.8, 4) is 0 Å². The molecule has 0 radical (unpaired) electrons. The number of aromatic nitrogens is 1. The number of carbonyl (C=O) groups excluding carboxylic acids is 1. The molecule has 0 fully saturated rings. The van der Waals surface area contributed by atoms with Crippen molar-refractivity contribution in [2.45, 2.75) is 19.4 Å².